The molecule has 2 amide bonds. The minimum atomic E-state index is -5.32. The zero-order valence-electron chi connectivity index (χ0n) is 14.0. The number of ketones is 1. The molecule has 2 rings (SSSR count). The Kier molecular flexibility index (Phi) is 4.95. The summed E-state index contributed by atoms with van der Waals surface area (Å²) in [5, 5.41) is 23.6. The molecule has 0 aliphatic carbocycles. The van der Waals surface area contributed by atoms with E-state index in [2.05, 4.69) is 5.32 Å². The molecule has 0 bridgehead atoms. The summed E-state index contributed by atoms with van der Waals surface area (Å²) in [6.45, 7) is 0.864. The molecule has 4 N–H and O–H groups in total. The van der Waals surface area contributed by atoms with Crippen LogP contribution in [0.5, 0.6) is 17.2 Å². The third kappa shape index (κ3) is 3.09. The number of phenols is 1. The lowest BCUT2D eigenvalue weighted by Gasteiger charge is -2.44. The number of urea groups is 1. The quantitative estimate of drug-likeness (QED) is 0.626. The van der Waals surface area contributed by atoms with Crippen LogP contribution in [0.3, 0.4) is 0 Å². The second-order valence-corrected chi connectivity index (χ2v) is 5.70. The highest BCUT2D eigenvalue weighted by molar-refractivity contribution is 5.86. The Morgan fingerprint density at radius 3 is 2.12 bits per heavy atom. The second kappa shape index (κ2) is 6.56. The topological polar surface area (TPSA) is 117 Å². The number of hydrogen-bond acceptors (Lipinski definition) is 6. The van der Waals surface area contributed by atoms with E-state index in [1.807, 2.05) is 0 Å². The molecule has 0 unspecified atom stereocenters. The third-order valence-corrected chi connectivity index (χ3v) is 4.11. The van der Waals surface area contributed by atoms with Crippen molar-refractivity contribution in [1.29, 1.82) is 0 Å². The van der Waals surface area contributed by atoms with Gasteiger partial charge in [-0.05, 0) is 24.6 Å². The molecule has 1 aromatic carbocycles. The number of aliphatic hydroxyl groups is 1. The van der Waals surface area contributed by atoms with Crippen molar-refractivity contribution in [1.82, 2.24) is 10.6 Å². The van der Waals surface area contributed by atoms with E-state index in [0.29, 0.717) is 0 Å². The number of ether oxygens (including phenoxy) is 2. The van der Waals surface area contributed by atoms with Crippen LogP contribution in [0, 0.1) is 5.92 Å². The first-order chi connectivity index (χ1) is 12.0. The molecule has 1 aliphatic rings. The Morgan fingerprint density at radius 1 is 1.23 bits per heavy atom. The fraction of sp³-hybridized carbons (Fsp3) is 0.467. The zero-order valence-corrected chi connectivity index (χ0v) is 14.0. The second-order valence-electron chi connectivity index (χ2n) is 5.70. The highest BCUT2D eigenvalue weighted by Gasteiger charge is 2.65. The van der Waals surface area contributed by atoms with E-state index in [0.717, 1.165) is 19.1 Å². The lowest BCUT2D eigenvalue weighted by Crippen LogP contribution is -2.72. The van der Waals surface area contributed by atoms with Crippen LogP contribution < -0.4 is 20.1 Å². The Labute approximate surface area is 145 Å². The maximum atomic E-state index is 13.4. The van der Waals surface area contributed by atoms with Crippen LogP contribution in [0.2, 0.25) is 0 Å². The van der Waals surface area contributed by atoms with E-state index in [4.69, 9.17) is 9.47 Å². The van der Waals surface area contributed by atoms with Gasteiger partial charge in [0.2, 0.25) is 11.5 Å². The van der Waals surface area contributed by atoms with Gasteiger partial charge in [-0.2, -0.15) is 13.2 Å². The number of phenolic OH excluding ortho intramolecular Hbond substituents is 1. The Morgan fingerprint density at radius 2 is 1.73 bits per heavy atom. The van der Waals surface area contributed by atoms with E-state index < -0.39 is 41.4 Å². The number of methoxy groups -OCH3 is 2. The fourth-order valence-corrected chi connectivity index (χ4v) is 2.90. The van der Waals surface area contributed by atoms with Crippen LogP contribution in [0.1, 0.15) is 18.5 Å². The monoisotopic (exact) mass is 378 g/mol. The van der Waals surface area contributed by atoms with Gasteiger partial charge in [0.25, 0.3) is 0 Å². The Bertz CT molecular complexity index is 714. The molecule has 1 aromatic rings. The predicted octanol–water partition coefficient (Wildman–Crippen LogP) is 1.22. The van der Waals surface area contributed by atoms with E-state index in [1.54, 1.807) is 0 Å². The van der Waals surface area contributed by atoms with Gasteiger partial charge in [0, 0.05) is 0 Å². The van der Waals surface area contributed by atoms with Crippen molar-refractivity contribution >= 4 is 11.8 Å². The smallest absolute Gasteiger partial charge is 0.437 e. The van der Waals surface area contributed by atoms with Gasteiger partial charge in [-0.25, -0.2) is 4.79 Å². The number of rotatable bonds is 4. The number of Topliss-reactive ketones (excluding diaryl/α,β-unsaturated/α-hetero) is 1. The van der Waals surface area contributed by atoms with Gasteiger partial charge in [0.1, 0.15) is 5.78 Å². The van der Waals surface area contributed by atoms with Crippen LogP contribution in [-0.4, -0.2) is 48.1 Å². The number of halogens is 3. The number of hydrogen-bond donors (Lipinski definition) is 4. The molecule has 1 aliphatic heterocycles. The predicted molar refractivity (Wildman–Crippen MR) is 80.8 cm³/mol. The summed E-state index contributed by atoms with van der Waals surface area (Å²) in [4.78, 5) is 23.7. The van der Waals surface area contributed by atoms with Gasteiger partial charge in [0.15, 0.2) is 11.5 Å². The van der Waals surface area contributed by atoms with Gasteiger partial charge in [-0.15, -0.1) is 0 Å². The standard InChI is InChI=1S/C15H17F3N2O6/c1-6(21)10-11(19-13(23)20-14(10,24)15(16,17)18)7-4-8(25-2)12(22)9(5-7)26-3/h4-5,10-11,22,24H,1-3H3,(H2,19,20,23)/t10-,11+,14+/m1/s1. The van der Waals surface area contributed by atoms with Crippen molar-refractivity contribution in [2.75, 3.05) is 14.2 Å². The van der Waals surface area contributed by atoms with Gasteiger partial charge < -0.3 is 30.3 Å². The van der Waals surface area contributed by atoms with E-state index in [1.165, 1.54) is 19.5 Å². The number of carbonyl (C=O) groups excluding carboxylic acids is 2. The Balaban J connectivity index is 2.66. The molecule has 11 heteroatoms. The summed E-state index contributed by atoms with van der Waals surface area (Å²) in [7, 11) is 2.40. The number of nitrogens with one attached hydrogen (secondary N) is 2. The number of aromatic hydroxyl groups is 1. The van der Waals surface area contributed by atoms with Crippen LogP contribution >= 0.6 is 0 Å². The van der Waals surface area contributed by atoms with E-state index in [9.17, 15) is 33.0 Å². The van der Waals surface area contributed by atoms with Crippen LogP contribution in [0.25, 0.3) is 0 Å². The average molecular weight is 378 g/mol. The summed E-state index contributed by atoms with van der Waals surface area (Å²) in [6, 6.07) is -0.601. The molecule has 1 fully saturated rings. The van der Waals surface area contributed by atoms with Crippen molar-refractivity contribution in [2.24, 2.45) is 5.92 Å². The van der Waals surface area contributed by atoms with Crippen LogP contribution in [-0.2, 0) is 4.79 Å². The molecule has 144 valence electrons. The molecular weight excluding hydrogens is 361 g/mol. The van der Waals surface area contributed by atoms with Gasteiger partial charge in [-0.3, -0.25) is 4.79 Å². The third-order valence-electron chi connectivity index (χ3n) is 4.11. The van der Waals surface area contributed by atoms with Gasteiger partial charge in [0.05, 0.1) is 26.2 Å². The van der Waals surface area contributed by atoms with Crippen molar-refractivity contribution in [3.63, 3.8) is 0 Å². The Hall–Kier alpha value is -2.69. The van der Waals surface area contributed by atoms with Crippen molar-refractivity contribution in [3.8, 4) is 17.2 Å². The molecule has 0 aromatic heterocycles. The highest BCUT2D eigenvalue weighted by atomic mass is 19.4. The normalized spacial score (nSPS) is 25.9. The lowest BCUT2D eigenvalue weighted by molar-refractivity contribution is -0.290. The largest absolute Gasteiger partial charge is 0.502 e. The lowest BCUT2D eigenvalue weighted by atomic mass is 9.79. The minimum absolute atomic E-state index is 0.0331. The zero-order chi connectivity index (χ0) is 19.9. The highest BCUT2D eigenvalue weighted by Crippen LogP contribution is 2.46. The molecule has 1 saturated heterocycles. The molecule has 1 heterocycles. The summed E-state index contributed by atoms with van der Waals surface area (Å²) < 4.78 is 50.1. The average Bonchev–Trinajstić information content (AvgIpc) is 2.52. The molecule has 0 saturated carbocycles. The van der Waals surface area contributed by atoms with Crippen LogP contribution in [0.4, 0.5) is 18.0 Å². The first-order valence-electron chi connectivity index (χ1n) is 7.29. The summed E-state index contributed by atoms with van der Waals surface area (Å²) in [5.74, 6) is -3.83. The van der Waals surface area contributed by atoms with Gasteiger partial charge >= 0.3 is 12.2 Å². The molecule has 8 nitrogen and oxygen atoms in total. The maximum absolute atomic E-state index is 13.4. The maximum Gasteiger partial charge on any atom is 0.437 e. The first kappa shape index (κ1) is 19.6. The fourth-order valence-electron chi connectivity index (χ4n) is 2.90. The molecule has 26 heavy (non-hydrogen) atoms. The number of benzene rings is 1. The SMILES string of the molecule is COc1cc([C@@H]2NC(=O)N[C@@](O)(C(F)(F)F)[C@@H]2C(C)=O)cc(OC)c1O. The molecule has 0 radical (unpaired) electrons. The van der Waals surface area contributed by atoms with E-state index >= 15 is 0 Å². The number of alkyl halides is 3. The minimum Gasteiger partial charge on any atom is -0.502 e. The van der Waals surface area contributed by atoms with Crippen LogP contribution in [0.15, 0.2) is 12.1 Å². The van der Waals surface area contributed by atoms with Crippen molar-refractivity contribution in [3.05, 3.63) is 17.7 Å². The molecule has 3 atom stereocenters. The molecular formula is C15H17F3N2O6. The summed E-state index contributed by atoms with van der Waals surface area (Å²) >= 11 is 0. The summed E-state index contributed by atoms with van der Waals surface area (Å²) in [6.07, 6.45) is -5.32. The van der Waals surface area contributed by atoms with Gasteiger partial charge in [-0.1, -0.05) is 0 Å². The number of amides is 2. The summed E-state index contributed by atoms with van der Waals surface area (Å²) in [5.41, 5.74) is -3.81. The van der Waals surface area contributed by atoms with Crippen molar-refractivity contribution in [2.45, 2.75) is 24.9 Å². The van der Waals surface area contributed by atoms with Crippen molar-refractivity contribution < 1.29 is 42.4 Å². The first-order valence-corrected chi connectivity index (χ1v) is 7.29. The van der Waals surface area contributed by atoms with E-state index in [-0.39, 0.29) is 17.1 Å². The molecule has 0 spiro atoms. The number of carbonyl (C=O) groups is 2.